The lowest BCUT2D eigenvalue weighted by atomic mass is 10.1. The Balaban J connectivity index is 1.67. The molecular weight excluding hydrogens is 406 g/mol. The molecule has 0 unspecified atom stereocenters. The van der Waals surface area contributed by atoms with Crippen LogP contribution in [0, 0.1) is 25.2 Å². The molecule has 2 heterocycles. The van der Waals surface area contributed by atoms with Crippen molar-refractivity contribution in [3.63, 3.8) is 0 Å². The zero-order chi connectivity index (χ0) is 23.3. The summed E-state index contributed by atoms with van der Waals surface area (Å²) in [6.07, 6.45) is 3.05. The van der Waals surface area contributed by atoms with Gasteiger partial charge in [-0.1, -0.05) is 12.1 Å². The Labute approximate surface area is 187 Å². The number of benzene rings is 1. The summed E-state index contributed by atoms with van der Waals surface area (Å²) in [5.74, 6) is -0.383. The Morgan fingerprint density at radius 3 is 2.50 bits per heavy atom. The normalized spacial score (nSPS) is 11.2. The Morgan fingerprint density at radius 2 is 1.91 bits per heavy atom. The highest BCUT2D eigenvalue weighted by molar-refractivity contribution is 6.02. The van der Waals surface area contributed by atoms with Gasteiger partial charge in [0, 0.05) is 36.7 Å². The van der Waals surface area contributed by atoms with Crippen LogP contribution in [0.4, 0.5) is 5.69 Å². The lowest BCUT2D eigenvalue weighted by Crippen LogP contribution is -2.16. The van der Waals surface area contributed by atoms with E-state index in [1.807, 2.05) is 67.7 Å². The Morgan fingerprint density at radius 1 is 1.19 bits per heavy atom. The van der Waals surface area contributed by atoms with E-state index in [0.717, 1.165) is 22.8 Å². The number of aryl methyl sites for hydroxylation is 1. The van der Waals surface area contributed by atoms with E-state index < -0.39 is 12.6 Å². The third-order valence-electron chi connectivity index (χ3n) is 5.16. The van der Waals surface area contributed by atoms with Crippen LogP contribution in [0.15, 0.2) is 58.7 Å². The lowest BCUT2D eigenvalue weighted by molar-refractivity contribution is -0.137. The topological polar surface area (TPSA) is 88.5 Å². The van der Waals surface area contributed by atoms with Crippen molar-refractivity contribution in [2.24, 2.45) is 0 Å². The molecule has 0 N–H and O–H groups in total. The second-order valence-electron chi connectivity index (χ2n) is 7.61. The lowest BCUT2D eigenvalue weighted by Gasteiger charge is -2.11. The number of furan rings is 1. The van der Waals surface area contributed by atoms with Gasteiger partial charge in [-0.3, -0.25) is 4.79 Å². The van der Waals surface area contributed by atoms with Gasteiger partial charge in [0.2, 0.25) is 5.78 Å². The number of nitriles is 1. The van der Waals surface area contributed by atoms with E-state index in [0.29, 0.717) is 17.7 Å². The molecule has 3 aromatic rings. The van der Waals surface area contributed by atoms with Gasteiger partial charge in [-0.05, 0) is 55.8 Å². The number of rotatable bonds is 8. The molecule has 0 saturated carbocycles. The third-order valence-corrected chi connectivity index (χ3v) is 5.16. The fourth-order valence-corrected chi connectivity index (χ4v) is 3.34. The molecular formula is C25H25N3O4. The van der Waals surface area contributed by atoms with Crippen LogP contribution >= 0.6 is 0 Å². The van der Waals surface area contributed by atoms with Crippen LogP contribution in [0.1, 0.15) is 33.1 Å². The number of carbonyl (C=O) groups is 2. The van der Waals surface area contributed by atoms with Crippen molar-refractivity contribution in [1.29, 1.82) is 5.26 Å². The van der Waals surface area contributed by atoms with E-state index in [2.05, 4.69) is 0 Å². The van der Waals surface area contributed by atoms with Crippen LogP contribution in [0.5, 0.6) is 0 Å². The van der Waals surface area contributed by atoms with Crippen LogP contribution in [0.25, 0.3) is 6.08 Å². The minimum Gasteiger partial charge on any atom is -0.467 e. The Hall–Kier alpha value is -4.05. The zero-order valence-electron chi connectivity index (χ0n) is 18.6. The minimum atomic E-state index is -0.832. The largest absolute Gasteiger partial charge is 0.467 e. The molecule has 32 heavy (non-hydrogen) atoms. The summed E-state index contributed by atoms with van der Waals surface area (Å²) in [5, 5.41) is 9.36. The molecule has 0 radical (unpaired) electrons. The van der Waals surface area contributed by atoms with Gasteiger partial charge in [0.15, 0.2) is 6.61 Å². The molecule has 7 heteroatoms. The third kappa shape index (κ3) is 5.16. The molecule has 2 aromatic heterocycles. The average molecular weight is 431 g/mol. The van der Waals surface area contributed by atoms with E-state index in [1.165, 1.54) is 6.08 Å². The van der Waals surface area contributed by atoms with Crippen molar-refractivity contribution in [3.05, 3.63) is 82.6 Å². The molecule has 0 aliphatic carbocycles. The molecule has 0 fully saturated rings. The number of anilines is 1. The van der Waals surface area contributed by atoms with Crippen molar-refractivity contribution in [1.82, 2.24) is 4.57 Å². The number of ether oxygens (including phenoxy) is 1. The number of nitrogens with zero attached hydrogens (tertiary/aromatic N) is 3. The summed E-state index contributed by atoms with van der Waals surface area (Å²) < 4.78 is 12.5. The second kappa shape index (κ2) is 9.84. The highest BCUT2D eigenvalue weighted by Crippen LogP contribution is 2.19. The molecule has 0 amide bonds. The molecule has 0 atom stereocenters. The number of esters is 1. The van der Waals surface area contributed by atoms with Crippen molar-refractivity contribution < 1.29 is 18.7 Å². The van der Waals surface area contributed by atoms with Crippen LogP contribution in [0.2, 0.25) is 0 Å². The molecule has 0 bridgehead atoms. The van der Waals surface area contributed by atoms with Crippen LogP contribution in [-0.4, -0.2) is 37.0 Å². The number of hydrogen-bond donors (Lipinski definition) is 0. The summed E-state index contributed by atoms with van der Waals surface area (Å²) >= 11 is 0. The fourth-order valence-electron chi connectivity index (χ4n) is 3.34. The maximum atomic E-state index is 12.7. The first-order chi connectivity index (χ1) is 15.3. The smallest absolute Gasteiger partial charge is 0.349 e. The summed E-state index contributed by atoms with van der Waals surface area (Å²) in [4.78, 5) is 27.0. The SMILES string of the molecule is Cc1cc(C(=O)COC(=O)C(C#N)=Cc2ccc(N(C)C)cc2)c(C)n1Cc1ccco1. The number of ketones is 1. The molecule has 0 spiro atoms. The monoisotopic (exact) mass is 431 g/mol. The van der Waals surface area contributed by atoms with Crippen molar-refractivity contribution in [2.75, 3.05) is 25.6 Å². The molecule has 1 aromatic carbocycles. The van der Waals surface area contributed by atoms with Gasteiger partial charge in [0.25, 0.3) is 0 Å². The first-order valence-electron chi connectivity index (χ1n) is 10.1. The standard InChI is InChI=1S/C25H25N3O4/c1-17-12-23(18(2)28(17)15-22-6-5-11-31-22)24(29)16-32-25(30)20(14-26)13-19-7-9-21(10-8-19)27(3)4/h5-13H,15-16H2,1-4H3. The molecule has 0 aliphatic heterocycles. The van der Waals surface area contributed by atoms with Gasteiger partial charge >= 0.3 is 5.97 Å². The van der Waals surface area contributed by atoms with E-state index in [1.54, 1.807) is 24.5 Å². The first-order valence-corrected chi connectivity index (χ1v) is 10.1. The predicted octanol–water partition coefficient (Wildman–Crippen LogP) is 4.15. The molecule has 0 saturated heterocycles. The number of carbonyl (C=O) groups excluding carboxylic acids is 2. The minimum absolute atomic E-state index is 0.168. The fraction of sp³-hybridized carbons (Fsp3) is 0.240. The van der Waals surface area contributed by atoms with Crippen molar-refractivity contribution in [3.8, 4) is 6.07 Å². The van der Waals surface area contributed by atoms with E-state index >= 15 is 0 Å². The van der Waals surface area contributed by atoms with Crippen LogP contribution < -0.4 is 4.90 Å². The number of hydrogen-bond acceptors (Lipinski definition) is 6. The van der Waals surface area contributed by atoms with Gasteiger partial charge in [-0.25, -0.2) is 4.79 Å². The predicted molar refractivity (Wildman–Crippen MR) is 121 cm³/mol. The Bertz CT molecular complexity index is 1180. The van der Waals surface area contributed by atoms with Crippen molar-refractivity contribution >= 4 is 23.5 Å². The van der Waals surface area contributed by atoms with Crippen LogP contribution in [-0.2, 0) is 16.1 Å². The quantitative estimate of drug-likeness (QED) is 0.230. The second-order valence-corrected chi connectivity index (χ2v) is 7.61. The van der Waals surface area contributed by atoms with Gasteiger partial charge in [-0.2, -0.15) is 5.26 Å². The summed E-state index contributed by atoms with van der Waals surface area (Å²) in [7, 11) is 3.85. The highest BCUT2D eigenvalue weighted by atomic mass is 16.5. The highest BCUT2D eigenvalue weighted by Gasteiger charge is 2.19. The summed E-state index contributed by atoms with van der Waals surface area (Å²) in [6.45, 7) is 3.80. The summed E-state index contributed by atoms with van der Waals surface area (Å²) in [5.41, 5.74) is 3.65. The van der Waals surface area contributed by atoms with Gasteiger partial charge < -0.3 is 18.6 Å². The van der Waals surface area contributed by atoms with Gasteiger partial charge in [0.05, 0.1) is 12.8 Å². The maximum absolute atomic E-state index is 12.7. The maximum Gasteiger partial charge on any atom is 0.349 e. The van der Waals surface area contributed by atoms with E-state index in [9.17, 15) is 14.9 Å². The molecule has 164 valence electrons. The number of aromatic nitrogens is 1. The molecule has 0 aliphatic rings. The van der Waals surface area contributed by atoms with Crippen molar-refractivity contribution in [2.45, 2.75) is 20.4 Å². The van der Waals surface area contributed by atoms with Gasteiger partial charge in [0.1, 0.15) is 17.4 Å². The van der Waals surface area contributed by atoms with Gasteiger partial charge in [-0.15, -0.1) is 0 Å². The van der Waals surface area contributed by atoms with Crippen LogP contribution in [0.3, 0.4) is 0 Å². The first kappa shape index (κ1) is 22.6. The number of Topliss-reactive ketones (excluding diaryl/α,β-unsaturated/α-hetero) is 1. The molecule has 3 rings (SSSR count). The van der Waals surface area contributed by atoms with E-state index in [-0.39, 0.29) is 11.4 Å². The summed E-state index contributed by atoms with van der Waals surface area (Å²) in [6, 6.07) is 14.7. The molecule has 7 nitrogen and oxygen atoms in total. The van der Waals surface area contributed by atoms with E-state index in [4.69, 9.17) is 9.15 Å². The average Bonchev–Trinajstić information content (AvgIpc) is 3.39. The zero-order valence-corrected chi connectivity index (χ0v) is 18.6. The Kier molecular flexibility index (Phi) is 6.96.